The first-order valence-corrected chi connectivity index (χ1v) is 13.7. The Bertz CT molecular complexity index is 821. The summed E-state index contributed by atoms with van der Waals surface area (Å²) in [6.45, 7) is 11.4. The van der Waals surface area contributed by atoms with Gasteiger partial charge < -0.3 is 15.5 Å². The molecular weight excluding hydrogens is 438 g/mol. The summed E-state index contributed by atoms with van der Waals surface area (Å²) in [7, 11) is 1.78. The van der Waals surface area contributed by atoms with Crippen molar-refractivity contribution in [3.8, 4) is 0 Å². The smallest absolute Gasteiger partial charge is 0.249 e. The highest BCUT2D eigenvalue weighted by Gasteiger charge is 2.34. The summed E-state index contributed by atoms with van der Waals surface area (Å²) in [5, 5.41) is 6.48. The normalized spacial score (nSPS) is 21.7. The van der Waals surface area contributed by atoms with Gasteiger partial charge in [0.25, 0.3) is 0 Å². The average molecular weight is 486 g/mol. The number of nitrogens with one attached hydrogen (secondary N) is 2. The number of hydrogen-bond donors (Lipinski definition) is 2. The van der Waals surface area contributed by atoms with Crippen molar-refractivity contribution >= 4 is 23.9 Å². The topological polar surface area (TPSA) is 86.2 Å². The number of rotatable bonds is 9. The van der Waals surface area contributed by atoms with Gasteiger partial charge in [0.15, 0.2) is 0 Å². The van der Waals surface area contributed by atoms with Crippen LogP contribution in [0.1, 0.15) is 85.5 Å². The van der Waals surface area contributed by atoms with E-state index in [-0.39, 0.29) is 11.3 Å². The van der Waals surface area contributed by atoms with Crippen molar-refractivity contribution in [1.29, 1.82) is 0 Å². The van der Waals surface area contributed by atoms with Gasteiger partial charge in [0.05, 0.1) is 17.7 Å². The summed E-state index contributed by atoms with van der Waals surface area (Å²) >= 11 is 0. The Kier molecular flexibility index (Phi) is 9.93. The number of aliphatic imine (C=N–C) groups is 2. The van der Waals surface area contributed by atoms with E-state index < -0.39 is 0 Å². The first kappa shape index (κ1) is 27.4. The fourth-order valence-electron chi connectivity index (χ4n) is 5.29. The third-order valence-electron chi connectivity index (χ3n) is 7.68. The Hall–Kier alpha value is -2.18. The van der Waals surface area contributed by atoms with Gasteiger partial charge in [-0.05, 0) is 57.3 Å². The fourth-order valence-corrected chi connectivity index (χ4v) is 5.29. The summed E-state index contributed by atoms with van der Waals surface area (Å²) in [5.41, 5.74) is 2.04. The molecule has 1 heterocycles. The van der Waals surface area contributed by atoms with Crippen molar-refractivity contribution in [2.45, 2.75) is 85.5 Å². The number of carbonyl (C=O) groups is 2. The van der Waals surface area contributed by atoms with Crippen LogP contribution in [0, 0.1) is 23.2 Å². The van der Waals surface area contributed by atoms with Crippen LogP contribution in [0.3, 0.4) is 0 Å². The molecule has 7 heteroatoms. The van der Waals surface area contributed by atoms with Gasteiger partial charge in [0.2, 0.25) is 11.8 Å². The molecule has 2 aliphatic carbocycles. The van der Waals surface area contributed by atoms with Crippen molar-refractivity contribution in [1.82, 2.24) is 15.5 Å². The second kappa shape index (κ2) is 12.7. The number of nitrogens with zero attached hydrogens (tertiary/aromatic N) is 3. The molecule has 7 nitrogen and oxygen atoms in total. The van der Waals surface area contributed by atoms with E-state index in [2.05, 4.69) is 41.4 Å². The van der Waals surface area contributed by atoms with Gasteiger partial charge >= 0.3 is 0 Å². The van der Waals surface area contributed by atoms with Crippen LogP contribution in [0.5, 0.6) is 0 Å². The van der Waals surface area contributed by atoms with Crippen LogP contribution >= 0.6 is 0 Å². The van der Waals surface area contributed by atoms with Gasteiger partial charge in [0, 0.05) is 50.1 Å². The summed E-state index contributed by atoms with van der Waals surface area (Å²) in [5.74, 6) is 1.70. The lowest BCUT2D eigenvalue weighted by atomic mass is 9.86. The standard InChI is InChI=1S/C28H47N5O2/c1-20(26(34)31-18-21-9-7-6-8-10-21)24(25(29-5)28(2,3)4)32-19-30-17-22-13-15-33(16-14-22)27(35)23-11-12-23/h19,21-23H,6-18H2,1-5H3,(H,30,32)(H,31,34)/b24-20-,29-25?. The fraction of sp³-hybridized carbons (Fsp3) is 0.786. The lowest BCUT2D eigenvalue weighted by Gasteiger charge is -2.31. The highest BCUT2D eigenvalue weighted by molar-refractivity contribution is 6.10. The molecule has 2 N–H and O–H groups in total. The maximum absolute atomic E-state index is 13.1. The molecule has 0 unspecified atom stereocenters. The zero-order chi connectivity index (χ0) is 25.4. The van der Waals surface area contributed by atoms with Crippen LogP contribution in [0.25, 0.3) is 0 Å². The van der Waals surface area contributed by atoms with Gasteiger partial charge in [-0.3, -0.25) is 19.6 Å². The van der Waals surface area contributed by atoms with Gasteiger partial charge in [0.1, 0.15) is 0 Å². The molecule has 0 aromatic carbocycles. The number of allylic oxidation sites excluding steroid dienone is 1. The van der Waals surface area contributed by atoms with Crippen LogP contribution < -0.4 is 10.6 Å². The second-order valence-corrected chi connectivity index (χ2v) is 11.7. The first-order valence-electron chi connectivity index (χ1n) is 13.7. The van der Waals surface area contributed by atoms with Gasteiger partial charge in [-0.25, -0.2) is 0 Å². The highest BCUT2D eigenvalue weighted by atomic mass is 16.2. The number of likely N-dealkylation sites (tertiary alicyclic amines) is 1. The van der Waals surface area contributed by atoms with E-state index in [1.54, 1.807) is 13.4 Å². The summed E-state index contributed by atoms with van der Waals surface area (Å²) < 4.78 is 0. The van der Waals surface area contributed by atoms with E-state index in [0.717, 1.165) is 63.3 Å². The molecular formula is C28H47N5O2. The Labute approximate surface area is 212 Å². The van der Waals surface area contributed by atoms with E-state index in [1.807, 2.05) is 11.8 Å². The lowest BCUT2D eigenvalue weighted by molar-refractivity contribution is -0.133. The molecule has 2 amide bonds. The molecule has 0 spiro atoms. The number of amides is 2. The van der Waals surface area contributed by atoms with Crippen molar-refractivity contribution < 1.29 is 9.59 Å². The minimum absolute atomic E-state index is 0.0374. The van der Waals surface area contributed by atoms with E-state index in [9.17, 15) is 9.59 Å². The Balaban J connectivity index is 1.57. The molecule has 2 saturated carbocycles. The third kappa shape index (κ3) is 8.18. The maximum atomic E-state index is 13.1. The molecule has 1 aliphatic heterocycles. The quantitative estimate of drug-likeness (QED) is 0.289. The van der Waals surface area contributed by atoms with Crippen LogP contribution in [-0.2, 0) is 9.59 Å². The van der Waals surface area contributed by atoms with Crippen molar-refractivity contribution in [2.75, 3.05) is 33.2 Å². The monoisotopic (exact) mass is 485 g/mol. The minimum Gasteiger partial charge on any atom is -0.352 e. The van der Waals surface area contributed by atoms with Crippen LogP contribution in [0.2, 0.25) is 0 Å². The van der Waals surface area contributed by atoms with Gasteiger partial charge in [-0.15, -0.1) is 0 Å². The van der Waals surface area contributed by atoms with Crippen LogP contribution in [0.15, 0.2) is 21.3 Å². The van der Waals surface area contributed by atoms with Crippen LogP contribution in [0.4, 0.5) is 0 Å². The summed E-state index contributed by atoms with van der Waals surface area (Å²) in [6, 6.07) is 0. The van der Waals surface area contributed by atoms with Crippen molar-refractivity contribution in [3.05, 3.63) is 11.3 Å². The predicted molar refractivity (Wildman–Crippen MR) is 144 cm³/mol. The largest absolute Gasteiger partial charge is 0.352 e. The number of carbonyl (C=O) groups excluding carboxylic acids is 2. The Morgan fingerprint density at radius 1 is 0.971 bits per heavy atom. The van der Waals surface area contributed by atoms with Gasteiger partial charge in [-0.2, -0.15) is 0 Å². The molecule has 1 saturated heterocycles. The van der Waals surface area contributed by atoms with E-state index >= 15 is 0 Å². The molecule has 0 bridgehead atoms. The third-order valence-corrected chi connectivity index (χ3v) is 7.68. The molecule has 0 aromatic rings. The van der Waals surface area contributed by atoms with Crippen molar-refractivity contribution in [3.63, 3.8) is 0 Å². The number of hydrogen-bond acceptors (Lipinski definition) is 4. The van der Waals surface area contributed by atoms with E-state index in [1.165, 1.54) is 32.1 Å². The molecule has 3 rings (SSSR count). The SMILES string of the molecule is CN=C(/C(NC=NCC1CCN(C(=O)C2CC2)CC1)=C(\C)C(=O)NCC1CCCCC1)C(C)(C)C. The minimum atomic E-state index is -0.212. The Morgan fingerprint density at radius 3 is 2.20 bits per heavy atom. The van der Waals surface area contributed by atoms with Gasteiger partial charge in [-0.1, -0.05) is 40.0 Å². The molecule has 196 valence electrons. The van der Waals surface area contributed by atoms with Crippen molar-refractivity contribution in [2.24, 2.45) is 33.2 Å². The summed E-state index contributed by atoms with van der Waals surface area (Å²) in [4.78, 5) is 36.6. The lowest BCUT2D eigenvalue weighted by Crippen LogP contribution is -2.40. The molecule has 0 aromatic heterocycles. The molecule has 35 heavy (non-hydrogen) atoms. The molecule has 3 fully saturated rings. The Morgan fingerprint density at radius 2 is 1.63 bits per heavy atom. The predicted octanol–water partition coefficient (Wildman–Crippen LogP) is 4.34. The summed E-state index contributed by atoms with van der Waals surface area (Å²) in [6.07, 6.45) is 12.1. The first-order chi connectivity index (χ1) is 16.7. The molecule has 0 radical (unpaired) electrons. The molecule has 0 atom stereocenters. The molecule has 3 aliphatic rings. The van der Waals surface area contributed by atoms with Crippen LogP contribution in [-0.4, -0.2) is 62.0 Å². The average Bonchev–Trinajstić information content (AvgIpc) is 3.69. The maximum Gasteiger partial charge on any atom is 0.249 e. The highest BCUT2D eigenvalue weighted by Crippen LogP contribution is 2.32. The van der Waals surface area contributed by atoms with E-state index in [0.29, 0.717) is 29.2 Å². The second-order valence-electron chi connectivity index (χ2n) is 11.7. The zero-order valence-corrected chi connectivity index (χ0v) is 22.7. The van der Waals surface area contributed by atoms with E-state index in [4.69, 9.17) is 0 Å². The number of piperidine rings is 1. The zero-order valence-electron chi connectivity index (χ0n) is 22.7.